The second-order valence-corrected chi connectivity index (χ2v) is 11.5. The van der Waals surface area contributed by atoms with E-state index in [1.54, 1.807) is 70.2 Å². The number of carbonyl (C=O) groups excluding carboxylic acids is 1. The molecular weight excluding hydrogens is 539 g/mol. The summed E-state index contributed by atoms with van der Waals surface area (Å²) >= 11 is 0. The van der Waals surface area contributed by atoms with Gasteiger partial charge in [0, 0.05) is 5.92 Å². The number of aliphatic hydroxyl groups is 1. The number of hydrogen-bond donors (Lipinski definition) is 3. The van der Waals surface area contributed by atoms with Gasteiger partial charge in [0.05, 0.1) is 25.0 Å². The van der Waals surface area contributed by atoms with E-state index in [0.717, 1.165) is 0 Å². The number of fused-ring (bicyclic) bond motifs is 1. The molecule has 2 aromatic heterocycles. The first-order chi connectivity index (χ1) is 19.0. The summed E-state index contributed by atoms with van der Waals surface area (Å²) in [6.45, 7) is 6.68. The molecule has 13 nitrogen and oxygen atoms in total. The third-order valence-corrected chi connectivity index (χ3v) is 8.28. The average Bonchev–Trinajstić information content (AvgIpc) is 3.47. The predicted molar refractivity (Wildman–Crippen MR) is 144 cm³/mol. The van der Waals surface area contributed by atoms with Gasteiger partial charge in [-0.15, -0.1) is 0 Å². The number of nitrogens with zero attached hydrogens (tertiary/aromatic N) is 4. The van der Waals surface area contributed by atoms with Crippen molar-refractivity contribution in [3.63, 3.8) is 0 Å². The minimum atomic E-state index is -4.22. The smallest absolute Gasteiger partial charge is 0.459 e. The van der Waals surface area contributed by atoms with Gasteiger partial charge in [0.2, 0.25) is 5.60 Å². The summed E-state index contributed by atoms with van der Waals surface area (Å²) in [7, 11) is -4.22. The number of benzene rings is 1. The SMILES string of the molecule is CCOC(=O)C(NP(=O)(OC[C@H]1O[C@@](C#N)(c2ccc3c(N)ncnn23)[C@H](O)[C@@H]1C)Oc1ccccc1)C(C)C. The van der Waals surface area contributed by atoms with Gasteiger partial charge in [0.15, 0.2) is 5.82 Å². The van der Waals surface area contributed by atoms with Crippen LogP contribution in [-0.4, -0.2) is 57.1 Å². The highest BCUT2D eigenvalue weighted by atomic mass is 31.2. The molecule has 0 bridgehead atoms. The molecule has 1 saturated heterocycles. The van der Waals surface area contributed by atoms with Crippen LogP contribution in [0.3, 0.4) is 0 Å². The number of para-hydroxylation sites is 1. The molecule has 4 N–H and O–H groups in total. The molecule has 40 heavy (non-hydrogen) atoms. The first kappa shape index (κ1) is 29.5. The van der Waals surface area contributed by atoms with Gasteiger partial charge in [-0.1, -0.05) is 39.0 Å². The summed E-state index contributed by atoms with van der Waals surface area (Å²) in [4.78, 5) is 16.6. The van der Waals surface area contributed by atoms with Crippen LogP contribution >= 0.6 is 7.75 Å². The Morgan fingerprint density at radius 2 is 2.05 bits per heavy atom. The number of rotatable bonds is 11. The minimum Gasteiger partial charge on any atom is -0.465 e. The summed E-state index contributed by atoms with van der Waals surface area (Å²) in [5.41, 5.74) is 4.81. The number of nitrogen functional groups attached to an aromatic ring is 1. The van der Waals surface area contributed by atoms with E-state index in [9.17, 15) is 19.7 Å². The van der Waals surface area contributed by atoms with E-state index in [1.165, 1.54) is 10.8 Å². The zero-order valence-corrected chi connectivity index (χ0v) is 23.5. The molecule has 1 aliphatic rings. The molecule has 2 unspecified atom stereocenters. The zero-order valence-electron chi connectivity index (χ0n) is 22.6. The van der Waals surface area contributed by atoms with Crippen molar-refractivity contribution in [3.05, 3.63) is 54.5 Å². The van der Waals surface area contributed by atoms with Gasteiger partial charge in [-0.2, -0.15) is 15.4 Å². The van der Waals surface area contributed by atoms with Gasteiger partial charge < -0.3 is 24.8 Å². The number of nitrogens with one attached hydrogen (secondary N) is 1. The molecule has 14 heteroatoms. The van der Waals surface area contributed by atoms with Crippen LogP contribution in [0.1, 0.15) is 33.4 Å². The number of aromatic nitrogens is 3. The second kappa shape index (κ2) is 11.9. The Labute approximate surface area is 231 Å². The molecule has 214 valence electrons. The lowest BCUT2D eigenvalue weighted by atomic mass is 9.88. The number of nitriles is 1. The van der Waals surface area contributed by atoms with E-state index in [-0.39, 0.29) is 36.4 Å². The van der Waals surface area contributed by atoms with Crippen molar-refractivity contribution in [2.75, 3.05) is 18.9 Å². The normalized spacial score (nSPS) is 24.9. The maximum absolute atomic E-state index is 14.0. The fourth-order valence-corrected chi connectivity index (χ4v) is 6.20. The Balaban J connectivity index is 1.61. The molecule has 0 aliphatic carbocycles. The maximum Gasteiger partial charge on any atom is 0.459 e. The van der Waals surface area contributed by atoms with Crippen molar-refractivity contribution >= 4 is 25.1 Å². The molecule has 1 fully saturated rings. The monoisotopic (exact) mass is 572 g/mol. The summed E-state index contributed by atoms with van der Waals surface area (Å²) in [6.07, 6.45) is -0.959. The number of nitrogens with two attached hydrogens (primary N) is 1. The summed E-state index contributed by atoms with van der Waals surface area (Å²) in [5, 5.41) is 28.4. The van der Waals surface area contributed by atoms with Gasteiger partial charge in [-0.05, 0) is 37.1 Å². The molecule has 1 aromatic carbocycles. The lowest BCUT2D eigenvalue weighted by molar-refractivity contribution is -0.146. The lowest BCUT2D eigenvalue weighted by Crippen LogP contribution is -2.42. The Morgan fingerprint density at radius 3 is 2.70 bits per heavy atom. The molecule has 4 rings (SSSR count). The number of carbonyl (C=O) groups is 1. The first-order valence-electron chi connectivity index (χ1n) is 12.8. The van der Waals surface area contributed by atoms with Crippen LogP contribution in [0.2, 0.25) is 0 Å². The first-order valence-corrected chi connectivity index (χ1v) is 14.4. The predicted octanol–water partition coefficient (Wildman–Crippen LogP) is 2.81. The van der Waals surface area contributed by atoms with Gasteiger partial charge in [0.1, 0.15) is 35.8 Å². The Morgan fingerprint density at radius 1 is 1.32 bits per heavy atom. The molecule has 0 spiro atoms. The van der Waals surface area contributed by atoms with Crippen molar-refractivity contribution in [3.8, 4) is 11.8 Å². The van der Waals surface area contributed by atoms with Crippen molar-refractivity contribution in [2.45, 2.75) is 51.5 Å². The van der Waals surface area contributed by atoms with Crippen LogP contribution in [0.4, 0.5) is 5.82 Å². The van der Waals surface area contributed by atoms with Gasteiger partial charge in [0.25, 0.3) is 0 Å². The van der Waals surface area contributed by atoms with E-state index < -0.39 is 43.5 Å². The van der Waals surface area contributed by atoms with Crippen LogP contribution in [0.5, 0.6) is 5.75 Å². The minimum absolute atomic E-state index is 0.140. The summed E-state index contributed by atoms with van der Waals surface area (Å²) in [6, 6.07) is 12.6. The van der Waals surface area contributed by atoms with Crippen LogP contribution in [0.25, 0.3) is 5.52 Å². The Hall–Kier alpha value is -3.53. The largest absolute Gasteiger partial charge is 0.465 e. The van der Waals surface area contributed by atoms with Crippen molar-refractivity contribution in [1.29, 1.82) is 5.26 Å². The molecule has 0 radical (unpaired) electrons. The van der Waals surface area contributed by atoms with Gasteiger partial charge >= 0.3 is 13.7 Å². The van der Waals surface area contributed by atoms with E-state index >= 15 is 0 Å². The van der Waals surface area contributed by atoms with Crippen LogP contribution in [-0.2, 0) is 29.0 Å². The number of esters is 1. The molecule has 0 saturated carbocycles. The Bertz CT molecular complexity index is 1430. The van der Waals surface area contributed by atoms with Crippen molar-refractivity contribution in [1.82, 2.24) is 19.7 Å². The fraction of sp³-hybridized carbons (Fsp3) is 0.462. The molecule has 3 aromatic rings. The summed E-state index contributed by atoms with van der Waals surface area (Å²) in [5.74, 6) is -1.12. The molecule has 6 atom stereocenters. The van der Waals surface area contributed by atoms with Gasteiger partial charge in [-0.3, -0.25) is 9.32 Å². The summed E-state index contributed by atoms with van der Waals surface area (Å²) < 4.78 is 38.3. The number of aliphatic hydroxyl groups excluding tert-OH is 1. The van der Waals surface area contributed by atoms with E-state index in [0.29, 0.717) is 5.52 Å². The molecule has 3 heterocycles. The van der Waals surface area contributed by atoms with E-state index in [4.69, 9.17) is 24.3 Å². The second-order valence-electron chi connectivity index (χ2n) is 9.77. The van der Waals surface area contributed by atoms with Crippen molar-refractivity contribution in [2.24, 2.45) is 11.8 Å². The Kier molecular flexibility index (Phi) is 8.77. The molecular formula is C26H33N6O7P. The zero-order chi connectivity index (χ0) is 29.1. The standard InChI is InChI=1S/C26H33N6O7P/c1-5-36-25(34)22(16(2)3)31-40(35,39-18-9-7-6-8-10-18)37-13-20-17(4)23(33)26(14-27,38-20)21-12-11-19-24(28)29-15-30-32(19)21/h6-12,15-17,20,22-23,33H,5,13H2,1-4H3,(H,31,35)(H2,28,29,30)/t17-,20-,22?,23-,26+,40?/m1/s1. The number of ether oxygens (including phenoxy) is 2. The highest BCUT2D eigenvalue weighted by Crippen LogP contribution is 2.48. The molecule has 0 amide bonds. The van der Waals surface area contributed by atoms with Gasteiger partial charge in [-0.25, -0.2) is 14.1 Å². The highest BCUT2D eigenvalue weighted by Gasteiger charge is 2.56. The third-order valence-electron chi connectivity index (χ3n) is 6.75. The van der Waals surface area contributed by atoms with E-state index in [1.807, 2.05) is 0 Å². The molecule has 1 aliphatic heterocycles. The highest BCUT2D eigenvalue weighted by molar-refractivity contribution is 7.52. The maximum atomic E-state index is 14.0. The van der Waals surface area contributed by atoms with Crippen LogP contribution in [0.15, 0.2) is 48.8 Å². The average molecular weight is 573 g/mol. The number of anilines is 1. The topological polar surface area (TPSA) is 183 Å². The van der Waals surface area contributed by atoms with E-state index in [2.05, 4.69) is 21.2 Å². The van der Waals surface area contributed by atoms with Crippen molar-refractivity contribution < 1.29 is 33.0 Å². The van der Waals surface area contributed by atoms with Crippen LogP contribution in [0, 0.1) is 23.2 Å². The third kappa shape index (κ3) is 5.68. The fourth-order valence-electron chi connectivity index (χ4n) is 4.53. The number of hydrogen-bond acceptors (Lipinski definition) is 11. The quantitative estimate of drug-likeness (QED) is 0.226. The lowest BCUT2D eigenvalue weighted by Gasteiger charge is -2.28. The van der Waals surface area contributed by atoms with Crippen LogP contribution < -0.4 is 15.3 Å².